The second-order valence-corrected chi connectivity index (χ2v) is 17.2. The molecule has 9 rings (SSSR count). The van der Waals surface area contributed by atoms with Crippen molar-refractivity contribution in [2.24, 2.45) is 5.92 Å². The van der Waals surface area contributed by atoms with E-state index >= 15 is 4.39 Å². The molecule has 0 aliphatic carbocycles. The number of anilines is 4. The van der Waals surface area contributed by atoms with E-state index in [0.29, 0.717) is 47.3 Å². The van der Waals surface area contributed by atoms with Gasteiger partial charge in [0.15, 0.2) is 0 Å². The molecule has 0 radical (unpaired) electrons. The van der Waals surface area contributed by atoms with Gasteiger partial charge in [-0.05, 0) is 105 Å². The summed E-state index contributed by atoms with van der Waals surface area (Å²) in [5.41, 5.74) is 7.40. The van der Waals surface area contributed by atoms with Crippen molar-refractivity contribution in [2.75, 3.05) is 74.0 Å². The molecule has 4 fully saturated rings. The number of nitrogens with zero attached hydrogens (tertiary/aromatic N) is 7. The second-order valence-electron chi connectivity index (χ2n) is 17.2. The fourth-order valence-corrected chi connectivity index (χ4v) is 8.94. The van der Waals surface area contributed by atoms with E-state index in [1.807, 2.05) is 25.1 Å². The predicted octanol–water partition coefficient (Wildman–Crippen LogP) is 4.58. The van der Waals surface area contributed by atoms with Crippen molar-refractivity contribution in [2.45, 2.75) is 51.7 Å². The van der Waals surface area contributed by atoms with Gasteiger partial charge in [0, 0.05) is 100 Å². The number of hydrogen-bond acceptors (Lipinski definition) is 12. The lowest BCUT2D eigenvalue weighted by molar-refractivity contribution is -0.136. The summed E-state index contributed by atoms with van der Waals surface area (Å²) < 4.78 is 15.1. The van der Waals surface area contributed by atoms with E-state index in [1.54, 1.807) is 43.1 Å². The topological polar surface area (TPSA) is 173 Å². The van der Waals surface area contributed by atoms with Crippen LogP contribution < -0.4 is 25.9 Å². The third kappa shape index (κ3) is 8.04. The minimum atomic E-state index is -1.02. The summed E-state index contributed by atoms with van der Waals surface area (Å²) >= 11 is 0. The molecule has 6 amide bonds. The lowest BCUT2D eigenvalue weighted by Gasteiger charge is -2.45. The van der Waals surface area contributed by atoms with E-state index in [4.69, 9.17) is 9.82 Å². The first-order valence-corrected chi connectivity index (χ1v) is 21.1. The zero-order valence-corrected chi connectivity index (χ0v) is 34.9. The Balaban J connectivity index is 0.755. The number of carbonyl (C=O) groups excluding carboxylic acids is 5. The summed E-state index contributed by atoms with van der Waals surface area (Å²) in [5, 5.41) is 5.52. The lowest BCUT2D eigenvalue weighted by atomic mass is 9.89. The zero-order valence-electron chi connectivity index (χ0n) is 34.9. The molecule has 17 heteroatoms. The number of amides is 6. The van der Waals surface area contributed by atoms with Gasteiger partial charge in [-0.15, -0.1) is 0 Å². The summed E-state index contributed by atoms with van der Waals surface area (Å²) in [6, 6.07) is 16.8. The van der Waals surface area contributed by atoms with Gasteiger partial charge in [0.2, 0.25) is 17.8 Å². The number of fused-ring (bicyclic) bond motifs is 1. The maximum Gasteiger partial charge on any atom is 0.341 e. The third-order valence-corrected chi connectivity index (χ3v) is 12.6. The summed E-state index contributed by atoms with van der Waals surface area (Å²) in [4.78, 5) is 87.5. The highest BCUT2D eigenvalue weighted by atomic mass is 19.1. The molecular formula is C45H49FN10O6. The van der Waals surface area contributed by atoms with Crippen LogP contribution in [0, 0.1) is 18.7 Å². The summed E-state index contributed by atoms with van der Waals surface area (Å²) in [6.45, 7) is 13.1. The van der Waals surface area contributed by atoms with Gasteiger partial charge in [-0.1, -0.05) is 0 Å². The van der Waals surface area contributed by atoms with E-state index in [1.165, 1.54) is 12.1 Å². The van der Waals surface area contributed by atoms with Crippen LogP contribution in [0.3, 0.4) is 0 Å². The Hall–Kier alpha value is -6.46. The molecule has 3 N–H and O–H groups in total. The van der Waals surface area contributed by atoms with Crippen LogP contribution in [0.1, 0.15) is 65.0 Å². The van der Waals surface area contributed by atoms with Gasteiger partial charge in [0.05, 0.1) is 16.8 Å². The van der Waals surface area contributed by atoms with E-state index in [-0.39, 0.29) is 24.4 Å². The minimum Gasteiger partial charge on any atom is -0.371 e. The molecule has 1 aromatic heterocycles. The summed E-state index contributed by atoms with van der Waals surface area (Å²) in [7, 11) is 0. The predicted molar refractivity (Wildman–Crippen MR) is 228 cm³/mol. The van der Waals surface area contributed by atoms with Crippen LogP contribution in [-0.2, 0) is 20.0 Å². The van der Waals surface area contributed by atoms with Gasteiger partial charge in [0.25, 0.3) is 11.8 Å². The maximum atomic E-state index is 15.1. The molecule has 0 saturated carbocycles. The number of rotatable bonds is 11. The number of benzene rings is 3. The van der Waals surface area contributed by atoms with E-state index in [9.17, 15) is 24.0 Å². The number of piperidine rings is 1. The number of likely N-dealkylation sites (tertiary alicyclic amines) is 1. The number of carbonyl (C=O) groups is 5. The fraction of sp³-hybridized carbons (Fsp3) is 0.400. The van der Waals surface area contributed by atoms with Crippen molar-refractivity contribution < 1.29 is 33.2 Å². The van der Waals surface area contributed by atoms with Gasteiger partial charge in [-0.2, -0.15) is 0 Å². The Morgan fingerprint density at radius 3 is 2.31 bits per heavy atom. The molecule has 4 aromatic rings. The van der Waals surface area contributed by atoms with Crippen molar-refractivity contribution in [1.82, 2.24) is 35.5 Å². The van der Waals surface area contributed by atoms with Crippen LogP contribution in [0.5, 0.6) is 0 Å². The number of hydroxylamine groups is 1. The van der Waals surface area contributed by atoms with Crippen molar-refractivity contribution in [1.29, 1.82) is 0 Å². The van der Waals surface area contributed by atoms with Gasteiger partial charge in [0.1, 0.15) is 17.5 Å². The molecule has 322 valence electrons. The minimum absolute atomic E-state index is 0.0855. The van der Waals surface area contributed by atoms with Gasteiger partial charge in [-0.25, -0.2) is 24.6 Å². The molecule has 1 atom stereocenters. The number of hydrogen-bond donors (Lipinski definition) is 3. The van der Waals surface area contributed by atoms with Gasteiger partial charge >= 0.3 is 6.03 Å². The number of nitrogens with one attached hydrogen (secondary N) is 3. The Morgan fingerprint density at radius 2 is 1.60 bits per heavy atom. The second kappa shape index (κ2) is 16.4. The van der Waals surface area contributed by atoms with Gasteiger partial charge in [-0.3, -0.25) is 39.1 Å². The van der Waals surface area contributed by atoms with Crippen LogP contribution in [0.25, 0.3) is 11.3 Å². The Morgan fingerprint density at radius 1 is 0.871 bits per heavy atom. The molecule has 5 aliphatic heterocycles. The molecule has 3 aromatic carbocycles. The zero-order chi connectivity index (χ0) is 43.3. The SMILES string of the molecule is Cc1c(-c2ccnc(Nc3ccc(N4CCN(CC5CN(c6ccc7c(c6)C(=O)N(C6CCC(=O)NC6=O)C7=O)C5)CC4)cc3)n2)cc(F)cc1C(C)(C)ONC(=O)N1CCC1. The van der Waals surface area contributed by atoms with Crippen molar-refractivity contribution in [3.05, 3.63) is 94.9 Å². The third-order valence-electron chi connectivity index (χ3n) is 12.6. The molecule has 4 saturated heterocycles. The van der Waals surface area contributed by atoms with Crippen LogP contribution in [0.15, 0.2) is 66.9 Å². The number of urea groups is 1. The molecule has 6 heterocycles. The highest BCUT2D eigenvalue weighted by Crippen LogP contribution is 2.36. The quantitative estimate of drug-likeness (QED) is 0.142. The first-order valence-electron chi connectivity index (χ1n) is 21.1. The highest BCUT2D eigenvalue weighted by molar-refractivity contribution is 6.23. The average Bonchev–Trinajstić information content (AvgIpc) is 3.46. The van der Waals surface area contributed by atoms with Crippen molar-refractivity contribution in [3.63, 3.8) is 0 Å². The molecule has 62 heavy (non-hydrogen) atoms. The largest absolute Gasteiger partial charge is 0.371 e. The maximum absolute atomic E-state index is 15.1. The Bertz CT molecular complexity index is 2450. The van der Waals surface area contributed by atoms with E-state index < -0.39 is 41.1 Å². The standard InChI is InChI=1S/C45H49FN10O6/c1-27-34(21-29(46)22-36(27)45(2,3)62-51-44(61)54-15-4-16-54)37-13-14-47-43(49-37)48-30-5-7-31(8-6-30)53-19-17-52(18-20-53)24-28-25-55(26-28)32-9-10-33-35(23-32)42(60)56(41(33)59)38-11-12-39(57)50-40(38)58/h5-10,13-14,21-23,28,38H,4,11-12,15-20,24-26H2,1-3H3,(H,51,61)(H,47,48,49)(H,50,57,58). The number of piperazine rings is 1. The normalized spacial score (nSPS) is 19.6. The van der Waals surface area contributed by atoms with Crippen molar-refractivity contribution >= 4 is 52.7 Å². The molecule has 16 nitrogen and oxygen atoms in total. The van der Waals surface area contributed by atoms with Crippen LogP contribution in [-0.4, -0.2) is 119 Å². The molecule has 1 unspecified atom stereocenters. The summed E-state index contributed by atoms with van der Waals surface area (Å²) in [6.07, 6.45) is 2.81. The molecule has 0 bridgehead atoms. The average molecular weight is 845 g/mol. The van der Waals surface area contributed by atoms with E-state index in [2.05, 4.69) is 47.9 Å². The monoisotopic (exact) mass is 844 g/mol. The lowest BCUT2D eigenvalue weighted by Crippen LogP contribution is -2.55. The Kier molecular flexibility index (Phi) is 10.8. The van der Waals surface area contributed by atoms with Crippen molar-refractivity contribution in [3.8, 4) is 11.3 Å². The van der Waals surface area contributed by atoms with Crippen LogP contribution in [0.2, 0.25) is 0 Å². The van der Waals surface area contributed by atoms with Gasteiger partial charge < -0.3 is 20.0 Å². The number of aromatic nitrogens is 2. The fourth-order valence-electron chi connectivity index (χ4n) is 8.94. The van der Waals surface area contributed by atoms with E-state index in [0.717, 1.165) is 79.8 Å². The number of imide groups is 2. The van der Waals surface area contributed by atoms with Crippen LogP contribution in [0.4, 0.5) is 32.2 Å². The first kappa shape index (κ1) is 40.9. The molecule has 5 aliphatic rings. The first-order chi connectivity index (χ1) is 29.8. The summed E-state index contributed by atoms with van der Waals surface area (Å²) in [5.74, 6) is -1.60. The number of halogens is 1. The molecule has 0 spiro atoms. The Labute approximate surface area is 358 Å². The van der Waals surface area contributed by atoms with Crippen LogP contribution >= 0.6 is 0 Å². The smallest absolute Gasteiger partial charge is 0.341 e. The highest BCUT2D eigenvalue weighted by Gasteiger charge is 2.45. The molecular weight excluding hydrogens is 796 g/mol.